The predicted octanol–water partition coefficient (Wildman–Crippen LogP) is 3.50. The molecule has 0 unspecified atom stereocenters. The molecule has 0 aliphatic heterocycles. The van der Waals surface area contributed by atoms with Crippen molar-refractivity contribution in [3.05, 3.63) is 29.8 Å². The van der Waals surface area contributed by atoms with Crippen LogP contribution in [-0.2, 0) is 11.2 Å². The number of nitrogens with one attached hydrogen (secondary N) is 2. The molecule has 0 bridgehead atoms. The molecule has 1 fully saturated rings. The van der Waals surface area contributed by atoms with Crippen LogP contribution in [0.4, 0.5) is 5.69 Å². The Kier molecular flexibility index (Phi) is 5.18. The van der Waals surface area contributed by atoms with E-state index in [4.69, 9.17) is 0 Å². The van der Waals surface area contributed by atoms with Crippen molar-refractivity contribution >= 4 is 11.6 Å². The van der Waals surface area contributed by atoms with E-state index < -0.39 is 0 Å². The lowest BCUT2D eigenvalue weighted by atomic mass is 9.79. The van der Waals surface area contributed by atoms with Gasteiger partial charge in [-0.3, -0.25) is 4.79 Å². The van der Waals surface area contributed by atoms with Gasteiger partial charge >= 0.3 is 0 Å². The van der Waals surface area contributed by atoms with Crippen LogP contribution in [-0.4, -0.2) is 18.5 Å². The molecule has 1 aliphatic rings. The third-order valence-corrected chi connectivity index (χ3v) is 4.49. The molecule has 2 rings (SSSR count). The summed E-state index contributed by atoms with van der Waals surface area (Å²) in [4.78, 5) is 12.2. The number of amides is 1. The van der Waals surface area contributed by atoms with Crippen molar-refractivity contribution in [3.8, 4) is 0 Å². The van der Waals surface area contributed by atoms with Crippen LogP contribution in [0, 0.1) is 0 Å². The molecule has 1 saturated carbocycles. The lowest BCUT2D eigenvalue weighted by Crippen LogP contribution is -2.47. The highest BCUT2D eigenvalue weighted by atomic mass is 16.1. The molecule has 3 heteroatoms. The summed E-state index contributed by atoms with van der Waals surface area (Å²) < 4.78 is 0. The maximum absolute atomic E-state index is 12.2. The van der Waals surface area contributed by atoms with E-state index in [2.05, 4.69) is 29.7 Å². The fourth-order valence-corrected chi connectivity index (χ4v) is 3.08. The van der Waals surface area contributed by atoms with Crippen LogP contribution in [0.1, 0.15) is 51.0 Å². The zero-order chi connectivity index (χ0) is 14.4. The number of hydrogen-bond acceptors (Lipinski definition) is 2. The highest BCUT2D eigenvalue weighted by Crippen LogP contribution is 2.31. The summed E-state index contributed by atoms with van der Waals surface area (Å²) in [6.45, 7) is 2.13. The van der Waals surface area contributed by atoms with Gasteiger partial charge in [0.05, 0.1) is 0 Å². The molecule has 1 amide bonds. The SMILES string of the molecule is CCc1ccc(NC(=O)CC2(NC)CCCCC2)cc1. The van der Waals surface area contributed by atoms with E-state index in [9.17, 15) is 4.79 Å². The van der Waals surface area contributed by atoms with E-state index >= 15 is 0 Å². The minimum absolute atomic E-state index is 0.00565. The molecule has 0 radical (unpaired) electrons. The van der Waals surface area contributed by atoms with E-state index in [1.165, 1.54) is 24.8 Å². The Morgan fingerprint density at radius 2 is 1.80 bits per heavy atom. The first-order valence-electron chi connectivity index (χ1n) is 7.75. The summed E-state index contributed by atoms with van der Waals surface area (Å²) in [6, 6.07) is 8.13. The predicted molar refractivity (Wildman–Crippen MR) is 83.9 cm³/mol. The van der Waals surface area contributed by atoms with Gasteiger partial charge in [-0.15, -0.1) is 0 Å². The van der Waals surface area contributed by atoms with Crippen molar-refractivity contribution in [2.45, 2.75) is 57.4 Å². The van der Waals surface area contributed by atoms with Gasteiger partial charge in [0.15, 0.2) is 0 Å². The van der Waals surface area contributed by atoms with Gasteiger partial charge in [-0.05, 0) is 44.0 Å². The number of aryl methyl sites for hydroxylation is 1. The zero-order valence-electron chi connectivity index (χ0n) is 12.7. The Morgan fingerprint density at radius 3 is 2.35 bits per heavy atom. The van der Waals surface area contributed by atoms with Gasteiger partial charge in [-0.1, -0.05) is 38.3 Å². The normalized spacial score (nSPS) is 17.7. The number of carbonyl (C=O) groups excluding carboxylic acids is 1. The van der Waals surface area contributed by atoms with E-state index in [0.29, 0.717) is 6.42 Å². The molecule has 110 valence electrons. The summed E-state index contributed by atoms with van der Waals surface area (Å²) >= 11 is 0. The Balaban J connectivity index is 1.93. The van der Waals surface area contributed by atoms with Gasteiger partial charge < -0.3 is 10.6 Å². The van der Waals surface area contributed by atoms with Gasteiger partial charge in [-0.2, -0.15) is 0 Å². The van der Waals surface area contributed by atoms with Gasteiger partial charge in [0.1, 0.15) is 0 Å². The van der Waals surface area contributed by atoms with Gasteiger partial charge in [-0.25, -0.2) is 0 Å². The molecule has 0 heterocycles. The summed E-state index contributed by atoms with van der Waals surface area (Å²) in [5, 5.41) is 6.41. The monoisotopic (exact) mass is 274 g/mol. The Labute approximate surface area is 122 Å². The molecular formula is C17H26N2O. The fourth-order valence-electron chi connectivity index (χ4n) is 3.08. The van der Waals surface area contributed by atoms with Crippen molar-refractivity contribution in [1.82, 2.24) is 5.32 Å². The topological polar surface area (TPSA) is 41.1 Å². The second-order valence-corrected chi connectivity index (χ2v) is 5.87. The third kappa shape index (κ3) is 3.83. The first-order valence-corrected chi connectivity index (χ1v) is 7.75. The second-order valence-electron chi connectivity index (χ2n) is 5.87. The third-order valence-electron chi connectivity index (χ3n) is 4.49. The van der Waals surface area contributed by atoms with Crippen molar-refractivity contribution < 1.29 is 4.79 Å². The van der Waals surface area contributed by atoms with Gasteiger partial charge in [0, 0.05) is 17.6 Å². The van der Waals surface area contributed by atoms with Crippen LogP contribution in [0.5, 0.6) is 0 Å². The molecule has 0 spiro atoms. The largest absolute Gasteiger partial charge is 0.326 e. The van der Waals surface area contributed by atoms with Crippen LogP contribution in [0.3, 0.4) is 0 Å². The van der Waals surface area contributed by atoms with Gasteiger partial charge in [0.25, 0.3) is 0 Å². The number of carbonyl (C=O) groups is 1. The molecule has 2 N–H and O–H groups in total. The van der Waals surface area contributed by atoms with E-state index in [1.54, 1.807) is 0 Å². The first-order chi connectivity index (χ1) is 9.67. The van der Waals surface area contributed by atoms with Gasteiger partial charge in [0.2, 0.25) is 5.91 Å². The molecule has 1 aromatic carbocycles. The molecule has 1 aliphatic carbocycles. The van der Waals surface area contributed by atoms with Crippen molar-refractivity contribution in [2.75, 3.05) is 12.4 Å². The van der Waals surface area contributed by atoms with Crippen molar-refractivity contribution in [1.29, 1.82) is 0 Å². The number of hydrogen-bond donors (Lipinski definition) is 2. The summed E-state index contributed by atoms with van der Waals surface area (Å²) in [5.74, 6) is 0.116. The van der Waals surface area contributed by atoms with Crippen LogP contribution in [0.25, 0.3) is 0 Å². The van der Waals surface area contributed by atoms with Crippen molar-refractivity contribution in [3.63, 3.8) is 0 Å². The molecule has 0 atom stereocenters. The summed E-state index contributed by atoms with van der Waals surface area (Å²) in [5.41, 5.74) is 2.20. The van der Waals surface area contributed by atoms with Crippen LogP contribution < -0.4 is 10.6 Å². The molecule has 3 nitrogen and oxygen atoms in total. The Morgan fingerprint density at radius 1 is 1.15 bits per heavy atom. The molecule has 0 aromatic heterocycles. The lowest BCUT2D eigenvalue weighted by molar-refractivity contribution is -0.117. The maximum atomic E-state index is 12.2. The minimum Gasteiger partial charge on any atom is -0.326 e. The highest BCUT2D eigenvalue weighted by molar-refractivity contribution is 5.91. The fraction of sp³-hybridized carbons (Fsp3) is 0.588. The number of anilines is 1. The van der Waals surface area contributed by atoms with Crippen LogP contribution >= 0.6 is 0 Å². The maximum Gasteiger partial charge on any atom is 0.226 e. The van der Waals surface area contributed by atoms with E-state index in [1.807, 2.05) is 19.2 Å². The molecular weight excluding hydrogens is 248 g/mol. The first kappa shape index (κ1) is 15.0. The second kappa shape index (κ2) is 6.89. The van der Waals surface area contributed by atoms with E-state index in [0.717, 1.165) is 24.9 Å². The molecule has 0 saturated heterocycles. The average Bonchev–Trinajstić information content (AvgIpc) is 2.49. The van der Waals surface area contributed by atoms with Crippen molar-refractivity contribution in [2.24, 2.45) is 0 Å². The number of benzene rings is 1. The lowest BCUT2D eigenvalue weighted by Gasteiger charge is -2.36. The number of rotatable bonds is 5. The van der Waals surface area contributed by atoms with Crippen LogP contribution in [0.15, 0.2) is 24.3 Å². The van der Waals surface area contributed by atoms with E-state index in [-0.39, 0.29) is 11.4 Å². The quantitative estimate of drug-likeness (QED) is 0.863. The smallest absolute Gasteiger partial charge is 0.226 e. The zero-order valence-corrected chi connectivity index (χ0v) is 12.7. The standard InChI is InChI=1S/C17H26N2O/c1-3-14-7-9-15(10-8-14)19-16(20)13-17(18-2)11-5-4-6-12-17/h7-10,18H,3-6,11-13H2,1-2H3,(H,19,20). The summed E-state index contributed by atoms with van der Waals surface area (Å²) in [6.07, 6.45) is 7.54. The average molecular weight is 274 g/mol. The van der Waals surface area contributed by atoms with Crippen LogP contribution in [0.2, 0.25) is 0 Å². The highest BCUT2D eigenvalue weighted by Gasteiger charge is 2.32. The Hall–Kier alpha value is -1.35. The minimum atomic E-state index is 0.00565. The molecule has 20 heavy (non-hydrogen) atoms. The molecule has 1 aromatic rings. The Bertz CT molecular complexity index is 433. The summed E-state index contributed by atoms with van der Waals surface area (Å²) in [7, 11) is 1.98.